The Morgan fingerprint density at radius 2 is 2.11 bits per heavy atom. The zero-order valence-electron chi connectivity index (χ0n) is 19.3. The number of carbonyl (C=O) groups excluding carboxylic acids is 4. The minimum atomic E-state index is -0.632. The van der Waals surface area contributed by atoms with Crippen LogP contribution in [0.1, 0.15) is 66.0 Å². The van der Waals surface area contributed by atoms with Gasteiger partial charge in [-0.3, -0.25) is 29.5 Å². The summed E-state index contributed by atoms with van der Waals surface area (Å²) in [7, 11) is 0. The van der Waals surface area contributed by atoms with E-state index < -0.39 is 11.9 Å². The number of fused-ring (bicyclic) bond motifs is 2. The smallest absolute Gasteiger partial charge is 0.255 e. The number of pyridine rings is 1. The van der Waals surface area contributed by atoms with Crippen molar-refractivity contribution >= 4 is 34.7 Å². The first-order valence-corrected chi connectivity index (χ1v) is 11.7. The lowest BCUT2D eigenvalue weighted by Gasteiger charge is -2.29. The van der Waals surface area contributed by atoms with Crippen LogP contribution in [0.2, 0.25) is 0 Å². The summed E-state index contributed by atoms with van der Waals surface area (Å²) in [6.45, 7) is 1.83. The number of carbonyl (C=O) groups is 4. The molecule has 3 aromatic rings. The first-order valence-electron chi connectivity index (χ1n) is 11.7. The number of nitrogens with zero attached hydrogens (tertiary/aromatic N) is 3. The highest BCUT2D eigenvalue weighted by atomic mass is 16.2. The van der Waals surface area contributed by atoms with Crippen molar-refractivity contribution < 1.29 is 19.2 Å². The number of H-pyrrole nitrogens is 1. The Morgan fingerprint density at radius 3 is 2.89 bits per heavy atom. The van der Waals surface area contributed by atoms with Gasteiger partial charge in [0.05, 0.1) is 23.3 Å². The van der Waals surface area contributed by atoms with Gasteiger partial charge in [-0.25, -0.2) is 4.98 Å². The molecule has 2 atom stereocenters. The van der Waals surface area contributed by atoms with Gasteiger partial charge < -0.3 is 15.2 Å². The third-order valence-corrected chi connectivity index (χ3v) is 6.63. The molecular weight excluding hydrogens is 448 g/mol. The quantitative estimate of drug-likeness (QED) is 0.448. The molecule has 4 amide bonds. The topological polar surface area (TPSA) is 137 Å². The number of piperidine rings is 1. The van der Waals surface area contributed by atoms with Crippen molar-refractivity contribution in [2.75, 3.05) is 0 Å². The van der Waals surface area contributed by atoms with Gasteiger partial charge in [-0.1, -0.05) is 12.1 Å². The fourth-order valence-electron chi connectivity index (χ4n) is 4.94. The average Bonchev–Trinajstić information content (AvgIpc) is 3.40. The molecule has 2 aromatic heterocycles. The minimum absolute atomic E-state index is 0.139. The Morgan fingerprint density at radius 1 is 1.26 bits per heavy atom. The van der Waals surface area contributed by atoms with E-state index in [0.29, 0.717) is 37.2 Å². The molecule has 2 aliphatic heterocycles. The van der Waals surface area contributed by atoms with Crippen LogP contribution in [0.25, 0.3) is 11.0 Å². The largest absolute Gasteiger partial charge is 0.346 e. The van der Waals surface area contributed by atoms with Crippen LogP contribution in [-0.4, -0.2) is 49.5 Å². The molecule has 0 spiro atoms. The number of rotatable bonds is 7. The van der Waals surface area contributed by atoms with Crippen molar-refractivity contribution in [1.29, 1.82) is 0 Å². The number of imidazole rings is 1. The zero-order valence-corrected chi connectivity index (χ0v) is 19.3. The normalized spacial score (nSPS) is 18.5. The number of benzene rings is 1. The standard InChI is InChI=1S/C25H26N6O4/c1-14(32)27-19(23-28-18-10-11-26-12-20(18)29-23)7-3-5-15-4-2-6-16-17(15)13-31(25(16)35)21-8-9-22(33)30-24(21)34/h2,4,6,10-12,19,21H,3,5,7-9,13H2,1H3,(H,27,32)(H,28,29)(H,30,33,34). The molecule has 2 unspecified atom stereocenters. The molecule has 35 heavy (non-hydrogen) atoms. The lowest BCUT2D eigenvalue weighted by molar-refractivity contribution is -0.137. The molecule has 1 aromatic carbocycles. The van der Waals surface area contributed by atoms with Gasteiger partial charge in [0.2, 0.25) is 17.7 Å². The lowest BCUT2D eigenvalue weighted by Crippen LogP contribution is -2.52. The Kier molecular flexibility index (Phi) is 6.02. The first-order chi connectivity index (χ1) is 16.9. The summed E-state index contributed by atoms with van der Waals surface area (Å²) in [6, 6.07) is 6.55. The number of hydrogen-bond acceptors (Lipinski definition) is 6. The van der Waals surface area contributed by atoms with E-state index in [1.807, 2.05) is 18.2 Å². The van der Waals surface area contributed by atoms with E-state index in [1.165, 1.54) is 6.92 Å². The maximum absolute atomic E-state index is 13.0. The molecule has 1 fully saturated rings. The molecular formula is C25H26N6O4. The summed E-state index contributed by atoms with van der Waals surface area (Å²) in [6.07, 6.45) is 6.06. The van der Waals surface area contributed by atoms with Crippen molar-refractivity contribution in [3.05, 3.63) is 59.2 Å². The molecule has 2 aliphatic rings. The Bertz CT molecular complexity index is 1300. The van der Waals surface area contributed by atoms with E-state index in [1.54, 1.807) is 23.4 Å². The van der Waals surface area contributed by atoms with E-state index >= 15 is 0 Å². The second-order valence-corrected chi connectivity index (χ2v) is 9.00. The van der Waals surface area contributed by atoms with Crippen molar-refractivity contribution in [3.8, 4) is 0 Å². The minimum Gasteiger partial charge on any atom is -0.346 e. The van der Waals surface area contributed by atoms with Crippen LogP contribution in [0.5, 0.6) is 0 Å². The predicted molar refractivity (Wildman–Crippen MR) is 126 cm³/mol. The van der Waals surface area contributed by atoms with Gasteiger partial charge in [0, 0.05) is 31.6 Å². The molecule has 0 aliphatic carbocycles. The van der Waals surface area contributed by atoms with Crippen LogP contribution in [0.4, 0.5) is 0 Å². The number of aromatic amines is 1. The van der Waals surface area contributed by atoms with E-state index in [2.05, 4.69) is 25.6 Å². The maximum atomic E-state index is 13.0. The molecule has 10 heteroatoms. The Hall–Kier alpha value is -4.08. The second kappa shape index (κ2) is 9.28. The van der Waals surface area contributed by atoms with Gasteiger partial charge in [-0.2, -0.15) is 0 Å². The van der Waals surface area contributed by atoms with E-state index in [-0.39, 0.29) is 30.2 Å². The molecule has 0 bridgehead atoms. The van der Waals surface area contributed by atoms with Crippen LogP contribution < -0.4 is 10.6 Å². The zero-order chi connectivity index (χ0) is 24.5. The second-order valence-electron chi connectivity index (χ2n) is 9.00. The molecule has 180 valence electrons. The van der Waals surface area contributed by atoms with Gasteiger partial charge >= 0.3 is 0 Å². The van der Waals surface area contributed by atoms with Crippen LogP contribution in [0, 0.1) is 0 Å². The molecule has 4 heterocycles. The summed E-state index contributed by atoms with van der Waals surface area (Å²) in [5.41, 5.74) is 4.17. The van der Waals surface area contributed by atoms with Gasteiger partial charge in [0.1, 0.15) is 11.9 Å². The fourth-order valence-corrected chi connectivity index (χ4v) is 4.94. The number of imide groups is 1. The Balaban J connectivity index is 1.29. The number of hydrogen-bond donors (Lipinski definition) is 3. The monoisotopic (exact) mass is 474 g/mol. The van der Waals surface area contributed by atoms with Crippen molar-refractivity contribution in [3.63, 3.8) is 0 Å². The summed E-state index contributed by atoms with van der Waals surface area (Å²) in [4.78, 5) is 62.3. The number of aromatic nitrogens is 3. The highest BCUT2D eigenvalue weighted by Crippen LogP contribution is 2.31. The average molecular weight is 475 g/mol. The highest BCUT2D eigenvalue weighted by Gasteiger charge is 2.39. The predicted octanol–water partition coefficient (Wildman–Crippen LogP) is 1.92. The van der Waals surface area contributed by atoms with Gasteiger partial charge in [-0.15, -0.1) is 0 Å². The van der Waals surface area contributed by atoms with Crippen molar-refractivity contribution in [2.45, 2.75) is 57.7 Å². The lowest BCUT2D eigenvalue weighted by atomic mass is 9.97. The number of aryl methyl sites for hydroxylation is 1. The van der Waals surface area contributed by atoms with E-state index in [4.69, 9.17) is 0 Å². The molecule has 0 radical (unpaired) electrons. The summed E-state index contributed by atoms with van der Waals surface area (Å²) in [5.74, 6) is -0.350. The van der Waals surface area contributed by atoms with E-state index in [0.717, 1.165) is 28.6 Å². The van der Waals surface area contributed by atoms with Gasteiger partial charge in [0.25, 0.3) is 5.91 Å². The SMILES string of the molecule is CC(=O)NC(CCCc1cccc2c1CN(C1CCC(=O)NC1=O)C2=O)c1nc2ccncc2[nH]1. The molecule has 10 nitrogen and oxygen atoms in total. The summed E-state index contributed by atoms with van der Waals surface area (Å²) in [5, 5.41) is 5.31. The molecule has 3 N–H and O–H groups in total. The third kappa shape index (κ3) is 4.51. The van der Waals surface area contributed by atoms with Crippen LogP contribution in [0.15, 0.2) is 36.7 Å². The van der Waals surface area contributed by atoms with Gasteiger partial charge in [0.15, 0.2) is 0 Å². The number of nitrogens with one attached hydrogen (secondary N) is 3. The van der Waals surface area contributed by atoms with Crippen LogP contribution in [0.3, 0.4) is 0 Å². The molecule has 1 saturated heterocycles. The van der Waals surface area contributed by atoms with Crippen molar-refractivity contribution in [1.82, 2.24) is 30.5 Å². The molecule has 5 rings (SSSR count). The molecule has 0 saturated carbocycles. The fraction of sp³-hybridized carbons (Fsp3) is 0.360. The summed E-state index contributed by atoms with van der Waals surface area (Å²) >= 11 is 0. The van der Waals surface area contributed by atoms with E-state index in [9.17, 15) is 19.2 Å². The van der Waals surface area contributed by atoms with Crippen LogP contribution >= 0.6 is 0 Å². The van der Waals surface area contributed by atoms with Crippen molar-refractivity contribution in [2.24, 2.45) is 0 Å². The van der Waals surface area contributed by atoms with Gasteiger partial charge in [-0.05, 0) is 48.9 Å². The summed E-state index contributed by atoms with van der Waals surface area (Å²) < 4.78 is 0. The number of amides is 4. The highest BCUT2D eigenvalue weighted by molar-refractivity contribution is 6.05. The Labute approximate surface area is 201 Å². The maximum Gasteiger partial charge on any atom is 0.255 e. The third-order valence-electron chi connectivity index (χ3n) is 6.63. The first kappa shape index (κ1) is 22.7. The van der Waals surface area contributed by atoms with Crippen LogP contribution in [-0.2, 0) is 27.3 Å².